The fourth-order valence-electron chi connectivity index (χ4n) is 1.50. The number of azide groups is 1. The lowest BCUT2D eigenvalue weighted by Gasteiger charge is -2.05. The molecule has 0 radical (unpaired) electrons. The molecular formula is C11H10N4. The smallest absolute Gasteiger partial charge is 0.0702 e. The van der Waals surface area contributed by atoms with Crippen molar-refractivity contribution in [2.24, 2.45) is 5.11 Å². The molecule has 2 rings (SSSR count). The average molecular weight is 198 g/mol. The minimum absolute atomic E-state index is 0.139. The van der Waals surface area contributed by atoms with E-state index in [0.717, 1.165) is 16.5 Å². The fraction of sp³-hybridized carbons (Fsp3) is 0.182. The van der Waals surface area contributed by atoms with Crippen LogP contribution in [0.2, 0.25) is 0 Å². The summed E-state index contributed by atoms with van der Waals surface area (Å²) >= 11 is 0. The molecule has 0 aliphatic carbocycles. The van der Waals surface area contributed by atoms with Gasteiger partial charge in [-0.15, -0.1) is 0 Å². The van der Waals surface area contributed by atoms with Crippen LogP contribution in [-0.2, 0) is 0 Å². The Morgan fingerprint density at radius 1 is 1.40 bits per heavy atom. The van der Waals surface area contributed by atoms with Gasteiger partial charge in [0.1, 0.15) is 0 Å². The summed E-state index contributed by atoms with van der Waals surface area (Å²) < 4.78 is 0. The predicted molar refractivity (Wildman–Crippen MR) is 59.3 cm³/mol. The van der Waals surface area contributed by atoms with Crippen molar-refractivity contribution in [3.05, 3.63) is 52.5 Å². The number of benzene rings is 1. The van der Waals surface area contributed by atoms with Crippen molar-refractivity contribution >= 4 is 10.9 Å². The molecule has 0 saturated heterocycles. The summed E-state index contributed by atoms with van der Waals surface area (Å²) in [6.07, 6.45) is 1.76. The summed E-state index contributed by atoms with van der Waals surface area (Å²) in [5.41, 5.74) is 10.3. The van der Waals surface area contributed by atoms with Crippen LogP contribution in [0.25, 0.3) is 21.3 Å². The molecule has 2 aromatic rings. The third kappa shape index (κ3) is 1.90. The number of rotatable bonds is 2. The van der Waals surface area contributed by atoms with Gasteiger partial charge in [0.05, 0.1) is 11.6 Å². The molecule has 0 spiro atoms. The van der Waals surface area contributed by atoms with Crippen LogP contribution < -0.4 is 0 Å². The number of pyridine rings is 1. The van der Waals surface area contributed by atoms with Crippen molar-refractivity contribution < 1.29 is 0 Å². The van der Waals surface area contributed by atoms with Gasteiger partial charge in [0, 0.05) is 16.5 Å². The van der Waals surface area contributed by atoms with E-state index in [1.807, 2.05) is 37.3 Å². The van der Waals surface area contributed by atoms with Gasteiger partial charge in [-0.05, 0) is 29.3 Å². The van der Waals surface area contributed by atoms with Crippen LogP contribution in [-0.4, -0.2) is 4.98 Å². The van der Waals surface area contributed by atoms with Gasteiger partial charge < -0.3 is 0 Å². The van der Waals surface area contributed by atoms with Crippen LogP contribution in [0.1, 0.15) is 18.5 Å². The predicted octanol–water partition coefficient (Wildman–Crippen LogP) is 3.61. The summed E-state index contributed by atoms with van der Waals surface area (Å²) in [4.78, 5) is 7.03. The van der Waals surface area contributed by atoms with Gasteiger partial charge in [0.2, 0.25) is 0 Å². The van der Waals surface area contributed by atoms with Crippen LogP contribution in [0.5, 0.6) is 0 Å². The number of aromatic nitrogens is 1. The normalized spacial score (nSPS) is 12.1. The number of hydrogen-bond donors (Lipinski definition) is 0. The molecule has 0 saturated carbocycles. The highest BCUT2D eigenvalue weighted by Crippen LogP contribution is 2.21. The zero-order chi connectivity index (χ0) is 10.7. The molecule has 1 aromatic carbocycles. The Morgan fingerprint density at radius 2 is 2.27 bits per heavy atom. The molecule has 74 valence electrons. The molecule has 0 fully saturated rings. The summed E-state index contributed by atoms with van der Waals surface area (Å²) in [6, 6.07) is 9.63. The summed E-state index contributed by atoms with van der Waals surface area (Å²) in [6.45, 7) is 1.87. The highest BCUT2D eigenvalue weighted by molar-refractivity contribution is 5.79. The summed E-state index contributed by atoms with van der Waals surface area (Å²) in [5.74, 6) is 0. The molecule has 4 nitrogen and oxygen atoms in total. The number of fused-ring (bicyclic) bond motifs is 1. The molecule has 15 heavy (non-hydrogen) atoms. The minimum atomic E-state index is -0.139. The van der Waals surface area contributed by atoms with Crippen molar-refractivity contribution in [3.63, 3.8) is 0 Å². The van der Waals surface area contributed by atoms with Gasteiger partial charge in [-0.1, -0.05) is 24.2 Å². The Balaban J connectivity index is 2.51. The lowest BCUT2D eigenvalue weighted by molar-refractivity contribution is 0.809. The standard InChI is InChI=1S/C11H10N4/c1-8(14-15-12)9-4-5-11-10(7-9)3-2-6-13-11/h2-8H,1H3/t8-/m1/s1. The van der Waals surface area contributed by atoms with Crippen LogP contribution in [0.15, 0.2) is 41.6 Å². The molecule has 0 N–H and O–H groups in total. The third-order valence-electron chi connectivity index (χ3n) is 2.33. The maximum Gasteiger partial charge on any atom is 0.0702 e. The van der Waals surface area contributed by atoms with Crippen LogP contribution in [0.4, 0.5) is 0 Å². The molecular weight excluding hydrogens is 188 g/mol. The maximum atomic E-state index is 8.36. The Morgan fingerprint density at radius 3 is 3.07 bits per heavy atom. The first kappa shape index (κ1) is 9.49. The van der Waals surface area contributed by atoms with E-state index in [4.69, 9.17) is 5.53 Å². The lowest BCUT2D eigenvalue weighted by atomic mass is 10.1. The van der Waals surface area contributed by atoms with E-state index >= 15 is 0 Å². The average Bonchev–Trinajstić information content (AvgIpc) is 2.29. The van der Waals surface area contributed by atoms with E-state index < -0.39 is 0 Å². The largest absolute Gasteiger partial charge is 0.256 e. The molecule has 0 unspecified atom stereocenters. The summed E-state index contributed by atoms with van der Waals surface area (Å²) in [5, 5.41) is 4.73. The molecule has 1 heterocycles. The van der Waals surface area contributed by atoms with Gasteiger partial charge in [0.25, 0.3) is 0 Å². The molecule has 0 aliphatic heterocycles. The van der Waals surface area contributed by atoms with E-state index in [-0.39, 0.29) is 6.04 Å². The number of hydrogen-bond acceptors (Lipinski definition) is 2. The van der Waals surface area contributed by atoms with Crippen molar-refractivity contribution in [2.45, 2.75) is 13.0 Å². The van der Waals surface area contributed by atoms with E-state index in [9.17, 15) is 0 Å². The first-order valence-electron chi connectivity index (χ1n) is 4.70. The van der Waals surface area contributed by atoms with Crippen molar-refractivity contribution in [1.82, 2.24) is 4.98 Å². The molecule has 4 heteroatoms. The second-order valence-corrected chi connectivity index (χ2v) is 3.34. The second kappa shape index (κ2) is 3.98. The topological polar surface area (TPSA) is 61.7 Å². The van der Waals surface area contributed by atoms with Crippen molar-refractivity contribution in [3.8, 4) is 0 Å². The highest BCUT2D eigenvalue weighted by atomic mass is 15.1. The minimum Gasteiger partial charge on any atom is -0.256 e. The first-order chi connectivity index (χ1) is 7.31. The molecule has 1 aromatic heterocycles. The van der Waals surface area contributed by atoms with E-state index in [1.165, 1.54) is 0 Å². The summed E-state index contributed by atoms with van der Waals surface area (Å²) in [7, 11) is 0. The Kier molecular flexibility index (Phi) is 2.52. The van der Waals surface area contributed by atoms with Gasteiger partial charge in [-0.3, -0.25) is 4.98 Å². The molecule has 1 atom stereocenters. The van der Waals surface area contributed by atoms with Gasteiger partial charge in [0.15, 0.2) is 0 Å². The second-order valence-electron chi connectivity index (χ2n) is 3.34. The monoisotopic (exact) mass is 198 g/mol. The maximum absolute atomic E-state index is 8.36. The molecule has 0 amide bonds. The first-order valence-corrected chi connectivity index (χ1v) is 4.70. The van der Waals surface area contributed by atoms with Crippen LogP contribution in [0, 0.1) is 0 Å². The highest BCUT2D eigenvalue weighted by Gasteiger charge is 2.03. The molecule has 0 bridgehead atoms. The van der Waals surface area contributed by atoms with Crippen LogP contribution >= 0.6 is 0 Å². The van der Waals surface area contributed by atoms with E-state index in [0.29, 0.717) is 0 Å². The van der Waals surface area contributed by atoms with Crippen LogP contribution in [0.3, 0.4) is 0 Å². The number of nitrogens with zero attached hydrogens (tertiary/aromatic N) is 4. The Hall–Kier alpha value is -2.06. The van der Waals surface area contributed by atoms with E-state index in [1.54, 1.807) is 6.20 Å². The third-order valence-corrected chi connectivity index (χ3v) is 2.33. The van der Waals surface area contributed by atoms with E-state index in [2.05, 4.69) is 15.0 Å². The Labute approximate surface area is 87.2 Å². The zero-order valence-electron chi connectivity index (χ0n) is 8.33. The van der Waals surface area contributed by atoms with Crippen molar-refractivity contribution in [2.75, 3.05) is 0 Å². The van der Waals surface area contributed by atoms with Crippen molar-refractivity contribution in [1.29, 1.82) is 0 Å². The van der Waals surface area contributed by atoms with Gasteiger partial charge >= 0.3 is 0 Å². The Bertz CT molecular complexity index is 529. The zero-order valence-corrected chi connectivity index (χ0v) is 8.33. The quantitative estimate of drug-likeness (QED) is 0.413. The fourth-order valence-corrected chi connectivity index (χ4v) is 1.50. The van der Waals surface area contributed by atoms with Gasteiger partial charge in [-0.25, -0.2) is 0 Å². The molecule has 0 aliphatic rings. The lowest BCUT2D eigenvalue weighted by Crippen LogP contribution is -1.88. The van der Waals surface area contributed by atoms with Gasteiger partial charge in [-0.2, -0.15) is 0 Å². The SMILES string of the molecule is C[C@@H](N=[N+]=[N-])c1ccc2ncccc2c1.